The molecule has 2 aromatic carbocycles. The highest BCUT2D eigenvalue weighted by atomic mass is 35.5. The molecule has 3 rings (SSSR count). The highest BCUT2D eigenvalue weighted by molar-refractivity contribution is 6.42. The average Bonchev–Trinajstić information content (AvgIpc) is 2.97. The van der Waals surface area contributed by atoms with E-state index in [1.54, 1.807) is 4.90 Å². The van der Waals surface area contributed by atoms with Gasteiger partial charge in [0.15, 0.2) is 5.82 Å². The van der Waals surface area contributed by atoms with E-state index in [4.69, 9.17) is 28.9 Å². The third-order valence-corrected chi connectivity index (χ3v) is 7.99. The number of anilines is 1. The Morgan fingerprint density at radius 1 is 1.09 bits per heavy atom. The smallest absolute Gasteiger partial charge is 0.247 e. The third-order valence-electron chi connectivity index (χ3n) is 7.21. The Hall–Kier alpha value is -3.21. The van der Waals surface area contributed by atoms with E-state index in [0.29, 0.717) is 13.1 Å². The summed E-state index contributed by atoms with van der Waals surface area (Å²) >= 11 is 11.7. The van der Waals surface area contributed by atoms with Crippen molar-refractivity contribution in [3.8, 4) is 0 Å². The summed E-state index contributed by atoms with van der Waals surface area (Å²) in [6.45, 7) is 9.37. The second-order valence-electron chi connectivity index (χ2n) is 11.8. The zero-order valence-electron chi connectivity index (χ0n) is 25.0. The van der Waals surface area contributed by atoms with Crippen LogP contribution in [0.1, 0.15) is 58.1 Å². The highest BCUT2D eigenvalue weighted by Gasteiger charge is 2.36. The van der Waals surface area contributed by atoms with Crippen molar-refractivity contribution in [1.29, 1.82) is 0 Å². The molecule has 9 nitrogen and oxygen atoms in total. The maximum Gasteiger partial charge on any atom is 0.247 e. The molecule has 1 aliphatic heterocycles. The van der Waals surface area contributed by atoms with Crippen LogP contribution in [0.2, 0.25) is 10.0 Å². The summed E-state index contributed by atoms with van der Waals surface area (Å²) in [7, 11) is 0. The van der Waals surface area contributed by atoms with Gasteiger partial charge < -0.3 is 26.2 Å². The molecule has 0 radical (unpaired) electrons. The van der Waals surface area contributed by atoms with Gasteiger partial charge in [0, 0.05) is 38.9 Å². The predicted octanol–water partition coefficient (Wildman–Crippen LogP) is 4.53. The van der Waals surface area contributed by atoms with Crippen molar-refractivity contribution in [3.05, 3.63) is 63.4 Å². The van der Waals surface area contributed by atoms with Crippen molar-refractivity contribution in [2.75, 3.05) is 25.0 Å². The number of nitrogens with zero attached hydrogens (tertiary/aromatic N) is 2. The van der Waals surface area contributed by atoms with Gasteiger partial charge in [0.25, 0.3) is 0 Å². The van der Waals surface area contributed by atoms with Crippen molar-refractivity contribution in [3.63, 3.8) is 0 Å². The van der Waals surface area contributed by atoms with Gasteiger partial charge in [-0.05, 0) is 48.6 Å². The summed E-state index contributed by atoms with van der Waals surface area (Å²) in [5.41, 5.74) is 7.25. The van der Waals surface area contributed by atoms with Gasteiger partial charge in [0.1, 0.15) is 12.1 Å². The molecule has 0 bridgehead atoms. The van der Waals surface area contributed by atoms with Crippen molar-refractivity contribution in [2.45, 2.75) is 72.0 Å². The van der Waals surface area contributed by atoms with Gasteiger partial charge in [-0.3, -0.25) is 19.2 Å². The number of hydrogen-bond acceptors (Lipinski definition) is 5. The number of carbonyl (C=O) groups excluding carboxylic acids is 4. The summed E-state index contributed by atoms with van der Waals surface area (Å²) in [6.07, 6.45) is 0.246. The van der Waals surface area contributed by atoms with Crippen molar-refractivity contribution in [2.24, 2.45) is 11.1 Å². The highest BCUT2D eigenvalue weighted by Crippen LogP contribution is 2.30. The van der Waals surface area contributed by atoms with Gasteiger partial charge >= 0.3 is 0 Å². The molecule has 234 valence electrons. The molecule has 2 aromatic rings. The predicted molar refractivity (Wildman–Crippen MR) is 166 cm³/mol. The third kappa shape index (κ3) is 9.14. The summed E-state index contributed by atoms with van der Waals surface area (Å²) in [5.74, 6) is -2.62. The molecule has 1 aliphatic rings. The van der Waals surface area contributed by atoms with E-state index in [-0.39, 0.29) is 71.7 Å². The molecule has 12 heteroatoms. The summed E-state index contributed by atoms with van der Waals surface area (Å²) in [6, 6.07) is 8.08. The number of carbonyl (C=O) groups is 4. The van der Waals surface area contributed by atoms with Gasteiger partial charge in [0.05, 0.1) is 15.7 Å². The van der Waals surface area contributed by atoms with E-state index in [0.717, 1.165) is 11.1 Å². The van der Waals surface area contributed by atoms with E-state index in [1.807, 2.05) is 52.0 Å². The molecule has 0 saturated heterocycles. The van der Waals surface area contributed by atoms with Crippen molar-refractivity contribution >= 4 is 52.5 Å². The van der Waals surface area contributed by atoms with E-state index in [2.05, 4.69) is 10.6 Å². The van der Waals surface area contributed by atoms with Gasteiger partial charge in [-0.15, -0.1) is 0 Å². The molecule has 0 fully saturated rings. The minimum absolute atomic E-state index is 0.00961. The van der Waals surface area contributed by atoms with Gasteiger partial charge in [0.2, 0.25) is 23.6 Å². The fraction of sp³-hybridized carbons (Fsp3) is 0.484. The fourth-order valence-electron chi connectivity index (χ4n) is 5.03. The van der Waals surface area contributed by atoms with Crippen LogP contribution in [0, 0.1) is 11.2 Å². The normalized spacial score (nSPS) is 15.3. The molecule has 0 aliphatic carbocycles. The van der Waals surface area contributed by atoms with Gasteiger partial charge in [-0.25, -0.2) is 4.39 Å². The first-order chi connectivity index (χ1) is 20.2. The van der Waals surface area contributed by atoms with Crippen LogP contribution in [0.15, 0.2) is 36.4 Å². The number of halogens is 3. The molecule has 43 heavy (non-hydrogen) atoms. The van der Waals surface area contributed by atoms with Crippen LogP contribution < -0.4 is 16.4 Å². The number of nitrogens with two attached hydrogens (primary N) is 1. The summed E-state index contributed by atoms with van der Waals surface area (Å²) in [5, 5.41) is 4.79. The van der Waals surface area contributed by atoms with Crippen LogP contribution >= 0.6 is 23.2 Å². The van der Waals surface area contributed by atoms with Crippen LogP contribution in [0.4, 0.5) is 10.1 Å². The Balaban J connectivity index is 1.77. The molecular weight excluding hydrogens is 596 g/mol. The van der Waals surface area contributed by atoms with Gasteiger partial charge in [-0.2, -0.15) is 0 Å². The quantitative estimate of drug-likeness (QED) is 0.313. The van der Waals surface area contributed by atoms with E-state index in [1.165, 1.54) is 17.0 Å². The molecule has 4 N–H and O–H groups in total. The standard InChI is InChI=1S/C31H40Cl2FN5O4/c1-5-38(18-31(2,3)4)25(40)12-13-26(41)39-17-20-9-7-6-8-19(20)16-24(39)30(43)37-23(14-15-35)29(42)36-22-11-10-21(32)27(33)28(22)34/h6-11,23-24H,5,12-18,35H2,1-4H3,(H,36,42)(H,37,43)/t23-,24-/m0/s1. The van der Waals surface area contributed by atoms with Gasteiger partial charge in [-0.1, -0.05) is 68.2 Å². The Morgan fingerprint density at radius 3 is 2.40 bits per heavy atom. The number of amides is 4. The minimum Gasteiger partial charge on any atom is -0.342 e. The number of hydrogen-bond donors (Lipinski definition) is 3. The first-order valence-corrected chi connectivity index (χ1v) is 15.1. The molecule has 0 saturated carbocycles. The molecule has 1 heterocycles. The number of rotatable bonds is 11. The largest absolute Gasteiger partial charge is 0.342 e. The summed E-state index contributed by atoms with van der Waals surface area (Å²) < 4.78 is 14.6. The lowest BCUT2D eigenvalue weighted by Gasteiger charge is -2.37. The second-order valence-corrected chi connectivity index (χ2v) is 12.6. The molecule has 2 atom stereocenters. The van der Waals surface area contributed by atoms with Crippen LogP contribution in [-0.4, -0.2) is 65.1 Å². The average molecular weight is 637 g/mol. The number of nitrogens with one attached hydrogen (secondary N) is 2. The lowest BCUT2D eigenvalue weighted by molar-refractivity contribution is -0.144. The maximum atomic E-state index is 14.6. The number of benzene rings is 2. The van der Waals surface area contributed by atoms with Crippen molar-refractivity contribution < 1.29 is 23.6 Å². The molecular formula is C31H40Cl2FN5O4. The van der Waals surface area contributed by atoms with E-state index in [9.17, 15) is 23.6 Å². The Bertz CT molecular complexity index is 1350. The fourth-order valence-corrected chi connectivity index (χ4v) is 5.34. The van der Waals surface area contributed by atoms with Crippen LogP contribution in [0.3, 0.4) is 0 Å². The van der Waals surface area contributed by atoms with Crippen molar-refractivity contribution in [1.82, 2.24) is 15.1 Å². The molecule has 0 unspecified atom stereocenters. The van der Waals surface area contributed by atoms with Crippen LogP contribution in [0.25, 0.3) is 0 Å². The molecule has 4 amide bonds. The lowest BCUT2D eigenvalue weighted by atomic mass is 9.92. The molecule has 0 spiro atoms. The lowest BCUT2D eigenvalue weighted by Crippen LogP contribution is -2.56. The molecule has 0 aromatic heterocycles. The second kappa shape index (κ2) is 15.0. The Morgan fingerprint density at radius 2 is 1.77 bits per heavy atom. The van der Waals surface area contributed by atoms with E-state index >= 15 is 0 Å². The van der Waals surface area contributed by atoms with E-state index < -0.39 is 29.7 Å². The maximum absolute atomic E-state index is 14.6. The Kier molecular flexibility index (Phi) is 12.0. The summed E-state index contributed by atoms with van der Waals surface area (Å²) in [4.78, 5) is 56.4. The zero-order chi connectivity index (χ0) is 31.9. The monoisotopic (exact) mass is 635 g/mol. The SMILES string of the molecule is CCN(CC(C)(C)C)C(=O)CCC(=O)N1Cc2ccccc2C[C@H]1C(=O)N[C@@H](CCN)C(=O)Nc1ccc(Cl)c(Cl)c1F. The zero-order valence-corrected chi connectivity index (χ0v) is 26.5. The first kappa shape index (κ1) is 34.3. The first-order valence-electron chi connectivity index (χ1n) is 14.3. The Labute approximate surface area is 262 Å². The van der Waals surface area contributed by atoms with Crippen LogP contribution in [-0.2, 0) is 32.1 Å². The number of fused-ring (bicyclic) bond motifs is 1. The van der Waals surface area contributed by atoms with Crippen LogP contribution in [0.5, 0.6) is 0 Å². The topological polar surface area (TPSA) is 125 Å². The minimum atomic E-state index is -1.11.